The molecule has 0 aliphatic heterocycles. The maximum absolute atomic E-state index is 11.5. The Morgan fingerprint density at radius 1 is 1.31 bits per heavy atom. The van der Waals surface area contributed by atoms with Crippen LogP contribution in [-0.2, 0) is 9.53 Å². The van der Waals surface area contributed by atoms with E-state index in [2.05, 4.69) is 0 Å². The second kappa shape index (κ2) is 3.66. The van der Waals surface area contributed by atoms with Gasteiger partial charge in [0.2, 0.25) is 0 Å². The molecular formula is C10H20O3. The second-order valence-electron chi connectivity index (χ2n) is 4.41. The van der Waals surface area contributed by atoms with Crippen LogP contribution in [0.4, 0.5) is 0 Å². The lowest BCUT2D eigenvalue weighted by Gasteiger charge is -2.40. The summed E-state index contributed by atoms with van der Waals surface area (Å²) in [5.74, 6) is -0.338. The van der Waals surface area contributed by atoms with Gasteiger partial charge in [-0.05, 0) is 26.7 Å². The summed E-state index contributed by atoms with van der Waals surface area (Å²) in [7, 11) is 1.34. The highest BCUT2D eigenvalue weighted by atomic mass is 16.5. The smallest absolute Gasteiger partial charge is 0.314 e. The minimum atomic E-state index is -1.08. The molecule has 3 heteroatoms. The van der Waals surface area contributed by atoms with Gasteiger partial charge in [-0.2, -0.15) is 0 Å². The Labute approximate surface area is 80.1 Å². The summed E-state index contributed by atoms with van der Waals surface area (Å²) in [6, 6.07) is 0. The van der Waals surface area contributed by atoms with Crippen molar-refractivity contribution in [2.45, 2.75) is 40.2 Å². The van der Waals surface area contributed by atoms with Gasteiger partial charge in [0.1, 0.15) is 0 Å². The van der Waals surface area contributed by atoms with Gasteiger partial charge in [0.25, 0.3) is 0 Å². The molecule has 1 atom stereocenters. The van der Waals surface area contributed by atoms with Gasteiger partial charge in [-0.25, -0.2) is 0 Å². The van der Waals surface area contributed by atoms with Gasteiger partial charge >= 0.3 is 5.97 Å². The fraction of sp³-hybridized carbons (Fsp3) is 0.900. The first-order valence-electron chi connectivity index (χ1n) is 4.48. The molecule has 0 aliphatic rings. The van der Waals surface area contributed by atoms with Crippen molar-refractivity contribution < 1.29 is 14.6 Å². The molecule has 0 aliphatic carbocycles. The number of hydrogen-bond donors (Lipinski definition) is 1. The van der Waals surface area contributed by atoms with Crippen molar-refractivity contribution in [2.75, 3.05) is 7.11 Å². The van der Waals surface area contributed by atoms with E-state index in [0.717, 1.165) is 0 Å². The number of rotatable bonds is 3. The molecule has 0 saturated carbocycles. The van der Waals surface area contributed by atoms with Crippen LogP contribution in [0, 0.1) is 11.3 Å². The van der Waals surface area contributed by atoms with Crippen molar-refractivity contribution in [3.63, 3.8) is 0 Å². The van der Waals surface area contributed by atoms with Crippen molar-refractivity contribution in [1.29, 1.82) is 0 Å². The van der Waals surface area contributed by atoms with Crippen LogP contribution < -0.4 is 0 Å². The molecule has 0 fully saturated rings. The normalized spacial score (nSPS) is 16.9. The van der Waals surface area contributed by atoms with Crippen LogP contribution in [0.15, 0.2) is 0 Å². The standard InChI is InChI=1S/C10H20O3/c1-7(2)10(5,8(11)13-6)9(3,4)12/h7,12H,1-6H3. The lowest BCUT2D eigenvalue weighted by atomic mass is 9.68. The second-order valence-corrected chi connectivity index (χ2v) is 4.41. The Kier molecular flexibility index (Phi) is 3.50. The SMILES string of the molecule is COC(=O)C(C)(C(C)C)C(C)(C)O. The Morgan fingerprint density at radius 3 is 1.77 bits per heavy atom. The summed E-state index contributed by atoms with van der Waals surface area (Å²) in [6.45, 7) is 8.78. The van der Waals surface area contributed by atoms with Gasteiger partial charge in [0, 0.05) is 0 Å². The van der Waals surface area contributed by atoms with Gasteiger partial charge in [-0.3, -0.25) is 4.79 Å². The van der Waals surface area contributed by atoms with Gasteiger partial charge in [-0.1, -0.05) is 13.8 Å². The predicted molar refractivity (Wildman–Crippen MR) is 51.3 cm³/mol. The van der Waals surface area contributed by atoms with Crippen molar-refractivity contribution in [2.24, 2.45) is 11.3 Å². The zero-order valence-electron chi connectivity index (χ0n) is 9.34. The van der Waals surface area contributed by atoms with Crippen LogP contribution in [0.25, 0.3) is 0 Å². The predicted octanol–water partition coefficient (Wildman–Crippen LogP) is 1.59. The minimum absolute atomic E-state index is 0.0277. The molecule has 0 radical (unpaired) electrons. The Hall–Kier alpha value is -0.570. The molecule has 0 saturated heterocycles. The van der Waals surface area contributed by atoms with Gasteiger partial charge < -0.3 is 9.84 Å². The maximum Gasteiger partial charge on any atom is 0.314 e. The molecule has 0 amide bonds. The van der Waals surface area contributed by atoms with E-state index in [1.807, 2.05) is 13.8 Å². The van der Waals surface area contributed by atoms with E-state index in [1.165, 1.54) is 7.11 Å². The van der Waals surface area contributed by atoms with Crippen molar-refractivity contribution >= 4 is 5.97 Å². The first-order chi connectivity index (χ1) is 5.67. The van der Waals surface area contributed by atoms with E-state index in [-0.39, 0.29) is 11.9 Å². The van der Waals surface area contributed by atoms with E-state index >= 15 is 0 Å². The van der Waals surface area contributed by atoms with Crippen molar-refractivity contribution in [3.05, 3.63) is 0 Å². The van der Waals surface area contributed by atoms with E-state index in [1.54, 1.807) is 20.8 Å². The lowest BCUT2D eigenvalue weighted by molar-refractivity contribution is -0.172. The first-order valence-corrected chi connectivity index (χ1v) is 4.48. The topological polar surface area (TPSA) is 46.5 Å². The average Bonchev–Trinajstić information content (AvgIpc) is 1.98. The highest BCUT2D eigenvalue weighted by molar-refractivity contribution is 5.78. The van der Waals surface area contributed by atoms with E-state index in [9.17, 15) is 9.90 Å². The van der Waals surface area contributed by atoms with Crippen LogP contribution >= 0.6 is 0 Å². The molecule has 0 aromatic heterocycles. The molecule has 1 N–H and O–H groups in total. The van der Waals surface area contributed by atoms with Gasteiger partial charge in [0.05, 0.1) is 18.1 Å². The molecule has 13 heavy (non-hydrogen) atoms. The monoisotopic (exact) mass is 188 g/mol. The third kappa shape index (κ3) is 2.02. The highest BCUT2D eigenvalue weighted by Gasteiger charge is 2.49. The molecule has 0 aromatic rings. The lowest BCUT2D eigenvalue weighted by Crippen LogP contribution is -2.51. The number of carbonyl (C=O) groups is 1. The van der Waals surface area contributed by atoms with Gasteiger partial charge in [-0.15, -0.1) is 0 Å². The molecule has 0 heterocycles. The third-order valence-electron chi connectivity index (χ3n) is 3.04. The number of hydrogen-bond acceptors (Lipinski definition) is 3. The highest BCUT2D eigenvalue weighted by Crippen LogP contribution is 2.39. The fourth-order valence-corrected chi connectivity index (χ4v) is 1.40. The largest absolute Gasteiger partial charge is 0.469 e. The minimum Gasteiger partial charge on any atom is -0.469 e. The van der Waals surface area contributed by atoms with E-state index < -0.39 is 11.0 Å². The summed E-state index contributed by atoms with van der Waals surface area (Å²) in [4.78, 5) is 11.5. The quantitative estimate of drug-likeness (QED) is 0.684. The fourth-order valence-electron chi connectivity index (χ4n) is 1.40. The molecule has 0 aromatic carbocycles. The molecule has 78 valence electrons. The molecule has 1 unspecified atom stereocenters. The first kappa shape index (κ1) is 12.4. The Morgan fingerprint density at radius 2 is 1.69 bits per heavy atom. The Bertz CT molecular complexity index is 191. The zero-order chi connectivity index (χ0) is 10.9. The van der Waals surface area contributed by atoms with Crippen molar-refractivity contribution in [3.8, 4) is 0 Å². The number of methoxy groups -OCH3 is 1. The van der Waals surface area contributed by atoms with Crippen molar-refractivity contribution in [1.82, 2.24) is 0 Å². The van der Waals surface area contributed by atoms with Gasteiger partial charge in [0.15, 0.2) is 0 Å². The summed E-state index contributed by atoms with van der Waals surface area (Å²) in [6.07, 6.45) is 0. The number of esters is 1. The number of ether oxygens (including phenoxy) is 1. The zero-order valence-corrected chi connectivity index (χ0v) is 9.34. The number of carbonyl (C=O) groups excluding carboxylic acids is 1. The van der Waals surface area contributed by atoms with Crippen LogP contribution in [0.3, 0.4) is 0 Å². The van der Waals surface area contributed by atoms with E-state index in [0.29, 0.717) is 0 Å². The third-order valence-corrected chi connectivity index (χ3v) is 3.04. The molecule has 0 spiro atoms. The van der Waals surface area contributed by atoms with Crippen LogP contribution in [0.5, 0.6) is 0 Å². The van der Waals surface area contributed by atoms with Crippen LogP contribution in [0.1, 0.15) is 34.6 Å². The molecule has 3 nitrogen and oxygen atoms in total. The van der Waals surface area contributed by atoms with Crippen LogP contribution in [0.2, 0.25) is 0 Å². The molecule has 0 bridgehead atoms. The summed E-state index contributed by atoms with van der Waals surface area (Å²) in [5, 5.41) is 9.91. The number of aliphatic hydroxyl groups is 1. The summed E-state index contributed by atoms with van der Waals surface area (Å²) >= 11 is 0. The van der Waals surface area contributed by atoms with E-state index in [4.69, 9.17) is 4.74 Å². The Balaban J connectivity index is 5.08. The summed E-state index contributed by atoms with van der Waals surface area (Å²) < 4.78 is 4.70. The summed E-state index contributed by atoms with van der Waals surface area (Å²) in [5.41, 5.74) is -1.93. The molecular weight excluding hydrogens is 168 g/mol. The average molecular weight is 188 g/mol. The maximum atomic E-state index is 11.5. The van der Waals surface area contributed by atoms with Crippen LogP contribution in [-0.4, -0.2) is 23.8 Å². The molecule has 0 rings (SSSR count).